The molecule has 0 radical (unpaired) electrons. The number of carbonyl (C=O) groups excluding carboxylic acids is 1. The zero-order valence-corrected chi connectivity index (χ0v) is 14.6. The fourth-order valence-electron chi connectivity index (χ4n) is 4.28. The maximum absolute atomic E-state index is 13.0. The Kier molecular flexibility index (Phi) is 5.31. The first kappa shape index (κ1) is 17.0. The van der Waals surface area contributed by atoms with Crippen LogP contribution in [0.5, 0.6) is 0 Å². The number of hydrazine groups is 2. The minimum atomic E-state index is 0.142. The van der Waals surface area contributed by atoms with E-state index in [1.807, 2.05) is 11.0 Å². The van der Waals surface area contributed by atoms with Crippen LogP contribution in [0.4, 0.5) is 0 Å². The van der Waals surface area contributed by atoms with E-state index in [4.69, 9.17) is 4.74 Å². The van der Waals surface area contributed by atoms with Crippen LogP contribution in [0.1, 0.15) is 31.2 Å². The smallest absolute Gasteiger partial charge is 0.225 e. The van der Waals surface area contributed by atoms with Gasteiger partial charge in [0.15, 0.2) is 0 Å². The molecule has 25 heavy (non-hydrogen) atoms. The minimum absolute atomic E-state index is 0.142. The number of amides is 1. The lowest BCUT2D eigenvalue weighted by Gasteiger charge is -2.37. The van der Waals surface area contributed by atoms with Crippen LogP contribution in [0.2, 0.25) is 0 Å². The van der Waals surface area contributed by atoms with Gasteiger partial charge in [0.2, 0.25) is 5.91 Å². The van der Waals surface area contributed by atoms with Gasteiger partial charge >= 0.3 is 0 Å². The van der Waals surface area contributed by atoms with Crippen molar-refractivity contribution in [2.75, 3.05) is 19.7 Å². The zero-order valence-electron chi connectivity index (χ0n) is 14.6. The molecule has 2 saturated heterocycles. The summed E-state index contributed by atoms with van der Waals surface area (Å²) in [5.41, 5.74) is 10.8. The molecule has 3 N–H and O–H groups in total. The van der Waals surface area contributed by atoms with E-state index in [1.165, 1.54) is 5.56 Å². The average Bonchev–Trinajstić information content (AvgIpc) is 3.14. The van der Waals surface area contributed by atoms with Gasteiger partial charge in [-0.3, -0.25) is 4.79 Å². The molecule has 1 aliphatic carbocycles. The standard InChI is InChI=1S/C19H28N4O2/c24-19(15-7-9-17-18(12-15)21-22-20-17)23-10-11-25-16(13-23)8-6-14-4-2-1-3-5-14/h1-5,15-18,20-22H,6-13H2. The SMILES string of the molecule is O=C(C1CCC2NNNC2C1)N1CCOC(CCc2ccccc2)C1. The molecule has 6 nitrogen and oxygen atoms in total. The van der Waals surface area contributed by atoms with E-state index in [0.717, 1.165) is 45.2 Å². The second-order valence-electron chi connectivity index (χ2n) is 7.44. The van der Waals surface area contributed by atoms with Crippen LogP contribution >= 0.6 is 0 Å². The highest BCUT2D eigenvalue weighted by molar-refractivity contribution is 5.79. The Bertz CT molecular complexity index is 582. The highest BCUT2D eigenvalue weighted by Gasteiger charge is 2.38. The molecule has 0 aromatic heterocycles. The lowest BCUT2D eigenvalue weighted by Crippen LogP contribution is -2.50. The number of nitrogens with one attached hydrogen (secondary N) is 3. The number of ether oxygens (including phenoxy) is 1. The summed E-state index contributed by atoms with van der Waals surface area (Å²) < 4.78 is 5.91. The third-order valence-electron chi connectivity index (χ3n) is 5.76. The lowest BCUT2D eigenvalue weighted by molar-refractivity contribution is -0.144. The molecule has 2 aliphatic heterocycles. The summed E-state index contributed by atoms with van der Waals surface area (Å²) in [6.45, 7) is 2.13. The first-order valence-electron chi connectivity index (χ1n) is 9.50. The first-order valence-corrected chi connectivity index (χ1v) is 9.50. The molecule has 1 saturated carbocycles. The van der Waals surface area contributed by atoms with Gasteiger partial charge in [-0.15, -0.1) is 0 Å². The van der Waals surface area contributed by atoms with E-state index in [9.17, 15) is 4.79 Å². The Balaban J connectivity index is 1.29. The predicted molar refractivity (Wildman–Crippen MR) is 95.4 cm³/mol. The quantitative estimate of drug-likeness (QED) is 0.760. The number of hydrogen-bond donors (Lipinski definition) is 3. The fraction of sp³-hybridized carbons (Fsp3) is 0.632. The summed E-state index contributed by atoms with van der Waals surface area (Å²) in [5, 5.41) is 0. The number of aryl methyl sites for hydroxylation is 1. The van der Waals surface area contributed by atoms with Gasteiger partial charge in [-0.2, -0.15) is 5.53 Å². The van der Waals surface area contributed by atoms with Crippen molar-refractivity contribution in [1.29, 1.82) is 0 Å². The van der Waals surface area contributed by atoms with Crippen molar-refractivity contribution >= 4 is 5.91 Å². The maximum Gasteiger partial charge on any atom is 0.225 e. The lowest BCUT2D eigenvalue weighted by atomic mass is 9.82. The highest BCUT2D eigenvalue weighted by atomic mass is 16.5. The van der Waals surface area contributed by atoms with Crippen molar-refractivity contribution < 1.29 is 9.53 Å². The molecule has 1 amide bonds. The molecule has 0 spiro atoms. The molecule has 6 heteroatoms. The molecule has 4 atom stereocenters. The van der Waals surface area contributed by atoms with E-state index in [2.05, 4.69) is 40.7 Å². The predicted octanol–water partition coefficient (Wildman–Crippen LogP) is 0.996. The van der Waals surface area contributed by atoms with E-state index in [0.29, 0.717) is 24.6 Å². The van der Waals surface area contributed by atoms with Gasteiger partial charge in [-0.05, 0) is 37.7 Å². The number of carbonyl (C=O) groups is 1. The molecule has 4 unspecified atom stereocenters. The van der Waals surface area contributed by atoms with Gasteiger partial charge in [0.25, 0.3) is 0 Å². The van der Waals surface area contributed by atoms with Crippen LogP contribution in [-0.4, -0.2) is 48.7 Å². The van der Waals surface area contributed by atoms with Crippen molar-refractivity contribution in [1.82, 2.24) is 21.3 Å². The molecule has 0 bridgehead atoms. The van der Waals surface area contributed by atoms with Gasteiger partial charge in [0, 0.05) is 31.1 Å². The van der Waals surface area contributed by atoms with Crippen LogP contribution < -0.4 is 16.4 Å². The van der Waals surface area contributed by atoms with Gasteiger partial charge in [-0.1, -0.05) is 30.3 Å². The van der Waals surface area contributed by atoms with Gasteiger partial charge in [-0.25, -0.2) is 10.9 Å². The summed E-state index contributed by atoms with van der Waals surface area (Å²) in [6, 6.07) is 11.3. The number of benzene rings is 1. The highest BCUT2D eigenvalue weighted by Crippen LogP contribution is 2.28. The third kappa shape index (κ3) is 4.03. The van der Waals surface area contributed by atoms with Crippen molar-refractivity contribution in [3.05, 3.63) is 35.9 Å². The van der Waals surface area contributed by atoms with Gasteiger partial charge in [0.1, 0.15) is 0 Å². The van der Waals surface area contributed by atoms with E-state index < -0.39 is 0 Å². The van der Waals surface area contributed by atoms with Crippen molar-refractivity contribution in [2.24, 2.45) is 5.92 Å². The third-order valence-corrected chi connectivity index (χ3v) is 5.76. The number of rotatable bonds is 4. The monoisotopic (exact) mass is 344 g/mol. The van der Waals surface area contributed by atoms with Gasteiger partial charge < -0.3 is 9.64 Å². The Morgan fingerprint density at radius 2 is 2.00 bits per heavy atom. The molecule has 136 valence electrons. The number of morpholine rings is 1. The number of fused-ring (bicyclic) bond motifs is 1. The summed E-state index contributed by atoms with van der Waals surface area (Å²) in [5.74, 6) is 0.462. The Morgan fingerprint density at radius 1 is 1.16 bits per heavy atom. The summed E-state index contributed by atoms with van der Waals surface area (Å²) in [4.78, 5) is 15.0. The molecule has 1 aromatic carbocycles. The average molecular weight is 344 g/mol. The van der Waals surface area contributed by atoms with Crippen molar-refractivity contribution in [2.45, 2.75) is 50.3 Å². The second-order valence-corrected chi connectivity index (χ2v) is 7.44. The Morgan fingerprint density at radius 3 is 2.88 bits per heavy atom. The summed E-state index contributed by atoms with van der Waals surface area (Å²) in [7, 11) is 0. The molecular weight excluding hydrogens is 316 g/mol. The van der Waals surface area contributed by atoms with E-state index in [-0.39, 0.29) is 12.0 Å². The topological polar surface area (TPSA) is 65.6 Å². The van der Waals surface area contributed by atoms with Crippen LogP contribution in [0.15, 0.2) is 30.3 Å². The molecule has 4 rings (SSSR count). The fourth-order valence-corrected chi connectivity index (χ4v) is 4.28. The molecule has 2 heterocycles. The summed E-state index contributed by atoms with van der Waals surface area (Å²) >= 11 is 0. The van der Waals surface area contributed by atoms with Crippen LogP contribution in [0.3, 0.4) is 0 Å². The first-order chi connectivity index (χ1) is 12.3. The van der Waals surface area contributed by atoms with E-state index in [1.54, 1.807) is 0 Å². The number of hydrogen-bond acceptors (Lipinski definition) is 5. The molecule has 3 aliphatic rings. The van der Waals surface area contributed by atoms with Gasteiger partial charge in [0.05, 0.1) is 12.7 Å². The molecular formula is C19H28N4O2. The van der Waals surface area contributed by atoms with E-state index >= 15 is 0 Å². The van der Waals surface area contributed by atoms with Crippen LogP contribution in [0, 0.1) is 5.92 Å². The van der Waals surface area contributed by atoms with Crippen molar-refractivity contribution in [3.8, 4) is 0 Å². The second kappa shape index (κ2) is 7.83. The van der Waals surface area contributed by atoms with Crippen LogP contribution in [-0.2, 0) is 16.0 Å². The minimum Gasteiger partial charge on any atom is -0.375 e. The van der Waals surface area contributed by atoms with Crippen LogP contribution in [0.25, 0.3) is 0 Å². The zero-order chi connectivity index (χ0) is 17.1. The number of nitrogens with zero attached hydrogens (tertiary/aromatic N) is 1. The molecule has 1 aromatic rings. The Hall–Kier alpha value is -1.47. The van der Waals surface area contributed by atoms with Crippen molar-refractivity contribution in [3.63, 3.8) is 0 Å². The Labute approximate surface area is 149 Å². The summed E-state index contributed by atoms with van der Waals surface area (Å²) in [6.07, 6.45) is 5.06. The normalized spacial score (nSPS) is 32.4. The largest absolute Gasteiger partial charge is 0.375 e. The molecule has 3 fully saturated rings. The maximum atomic E-state index is 13.0.